The number of hydrogen-bond acceptors (Lipinski definition) is 2. The van der Waals surface area contributed by atoms with Crippen LogP contribution in [0.25, 0.3) is 0 Å². The van der Waals surface area contributed by atoms with Gasteiger partial charge in [-0.25, -0.2) is 0 Å². The molecule has 0 fully saturated rings. The van der Waals surface area contributed by atoms with Crippen molar-refractivity contribution in [3.8, 4) is 5.75 Å². The smallest absolute Gasteiger partial charge is 0.119 e. The van der Waals surface area contributed by atoms with E-state index < -0.39 is 0 Å². The van der Waals surface area contributed by atoms with Crippen LogP contribution in [0.15, 0.2) is 18.2 Å². The summed E-state index contributed by atoms with van der Waals surface area (Å²) in [6.45, 7) is 8.20. The molecular formula is C23H39NO. The van der Waals surface area contributed by atoms with Gasteiger partial charge in [-0.3, -0.25) is 0 Å². The van der Waals surface area contributed by atoms with Crippen LogP contribution in [0.4, 0.5) is 0 Å². The molecule has 0 N–H and O–H groups in total. The topological polar surface area (TPSA) is 12.5 Å². The minimum absolute atomic E-state index is 0.645. The Bertz CT molecular complexity index is 513. The van der Waals surface area contributed by atoms with Crippen LogP contribution >= 0.6 is 0 Å². The number of rotatable bonds is 10. The zero-order valence-corrected chi connectivity index (χ0v) is 17.2. The van der Waals surface area contributed by atoms with Crippen molar-refractivity contribution in [2.24, 2.45) is 5.92 Å². The van der Waals surface area contributed by atoms with Gasteiger partial charge in [-0.05, 0) is 68.5 Å². The van der Waals surface area contributed by atoms with E-state index in [1.54, 1.807) is 18.2 Å². The molecule has 0 saturated heterocycles. The van der Waals surface area contributed by atoms with E-state index in [9.17, 15) is 0 Å². The van der Waals surface area contributed by atoms with Gasteiger partial charge in [-0.2, -0.15) is 0 Å². The second kappa shape index (κ2) is 10.2. The molecule has 0 spiro atoms. The highest BCUT2D eigenvalue weighted by atomic mass is 16.5. The van der Waals surface area contributed by atoms with Crippen LogP contribution in [0.3, 0.4) is 0 Å². The van der Waals surface area contributed by atoms with Crippen LogP contribution < -0.4 is 4.74 Å². The van der Waals surface area contributed by atoms with Crippen LogP contribution in [0.1, 0.15) is 82.8 Å². The van der Waals surface area contributed by atoms with Gasteiger partial charge in [0.15, 0.2) is 0 Å². The number of likely N-dealkylation sites (N-methyl/N-ethyl adjacent to an activating group) is 1. The summed E-state index contributed by atoms with van der Waals surface area (Å²) in [5.41, 5.74) is 3.12. The van der Waals surface area contributed by atoms with E-state index in [0.29, 0.717) is 12.0 Å². The Kier molecular flexibility index (Phi) is 8.29. The molecule has 25 heavy (non-hydrogen) atoms. The van der Waals surface area contributed by atoms with Crippen molar-refractivity contribution in [2.45, 2.75) is 84.1 Å². The summed E-state index contributed by atoms with van der Waals surface area (Å²) in [6.07, 6.45) is 10.4. The summed E-state index contributed by atoms with van der Waals surface area (Å²) in [6, 6.07) is 7.48. The maximum atomic E-state index is 5.54. The predicted octanol–water partition coefficient (Wildman–Crippen LogP) is 6.04. The highest BCUT2D eigenvalue weighted by Crippen LogP contribution is 2.43. The number of hydrogen-bond donors (Lipinski definition) is 0. The molecule has 0 unspecified atom stereocenters. The number of methoxy groups -OCH3 is 1. The fourth-order valence-electron chi connectivity index (χ4n) is 4.86. The Hall–Kier alpha value is -1.02. The molecule has 0 amide bonds. The molecule has 1 aromatic carbocycles. The molecule has 0 aliphatic heterocycles. The van der Waals surface area contributed by atoms with Gasteiger partial charge in [0.05, 0.1) is 7.11 Å². The zero-order valence-electron chi connectivity index (χ0n) is 17.2. The number of nitrogens with zero attached hydrogens (tertiary/aromatic N) is 1. The lowest BCUT2D eigenvalue weighted by Crippen LogP contribution is -2.46. The Labute approximate surface area is 156 Å². The van der Waals surface area contributed by atoms with Gasteiger partial charge in [0, 0.05) is 12.0 Å². The Balaban J connectivity index is 2.33. The van der Waals surface area contributed by atoms with E-state index in [1.807, 2.05) is 0 Å². The van der Waals surface area contributed by atoms with Crippen LogP contribution in [0.5, 0.6) is 5.75 Å². The molecule has 2 rings (SSSR count). The zero-order chi connectivity index (χ0) is 18.2. The SMILES string of the molecule is CCCCCN(C)[C@H]1[C@@H](CCC)Cc2ccc(OC)cc2[C@H]1CCC. The highest BCUT2D eigenvalue weighted by molar-refractivity contribution is 5.41. The Morgan fingerprint density at radius 1 is 1.04 bits per heavy atom. The Morgan fingerprint density at radius 3 is 2.44 bits per heavy atom. The van der Waals surface area contributed by atoms with Crippen LogP contribution in [0, 0.1) is 5.92 Å². The summed E-state index contributed by atoms with van der Waals surface area (Å²) in [5, 5.41) is 0. The normalized spacial score (nSPS) is 22.9. The van der Waals surface area contributed by atoms with Gasteiger partial charge >= 0.3 is 0 Å². The maximum absolute atomic E-state index is 5.54. The second-order valence-corrected chi connectivity index (χ2v) is 7.89. The third-order valence-electron chi connectivity index (χ3n) is 6.01. The molecule has 1 aliphatic carbocycles. The first-order valence-corrected chi connectivity index (χ1v) is 10.5. The first-order valence-electron chi connectivity index (χ1n) is 10.5. The van der Waals surface area contributed by atoms with E-state index in [2.05, 4.69) is 50.9 Å². The lowest BCUT2D eigenvalue weighted by Gasteiger charge is -2.45. The van der Waals surface area contributed by atoms with Gasteiger partial charge in [0.25, 0.3) is 0 Å². The van der Waals surface area contributed by atoms with Gasteiger partial charge in [0.2, 0.25) is 0 Å². The molecule has 0 heterocycles. The van der Waals surface area contributed by atoms with Crippen molar-refractivity contribution in [1.29, 1.82) is 0 Å². The molecule has 0 radical (unpaired) electrons. The van der Waals surface area contributed by atoms with Gasteiger partial charge in [-0.15, -0.1) is 0 Å². The number of ether oxygens (including phenoxy) is 1. The summed E-state index contributed by atoms with van der Waals surface area (Å²) in [4.78, 5) is 2.69. The standard InChI is InChI=1S/C23H39NO/c1-6-9-10-15-24(4)23-19(11-7-2)16-18-13-14-20(25-5)17-22(18)21(23)12-8-3/h13-14,17,19,21,23H,6-12,15-16H2,1-5H3/t19-,21+,23-/m0/s1. The van der Waals surface area contributed by atoms with Crippen molar-refractivity contribution in [2.75, 3.05) is 20.7 Å². The third-order valence-corrected chi connectivity index (χ3v) is 6.01. The van der Waals surface area contributed by atoms with E-state index in [-0.39, 0.29) is 0 Å². The van der Waals surface area contributed by atoms with Crippen LogP contribution in [0.2, 0.25) is 0 Å². The maximum Gasteiger partial charge on any atom is 0.119 e. The van der Waals surface area contributed by atoms with E-state index >= 15 is 0 Å². The van der Waals surface area contributed by atoms with Crippen molar-refractivity contribution in [1.82, 2.24) is 4.90 Å². The first-order chi connectivity index (χ1) is 12.2. The number of fused-ring (bicyclic) bond motifs is 1. The van der Waals surface area contributed by atoms with Crippen molar-refractivity contribution in [3.63, 3.8) is 0 Å². The largest absolute Gasteiger partial charge is 0.497 e. The molecule has 0 bridgehead atoms. The minimum Gasteiger partial charge on any atom is -0.497 e. The number of unbranched alkanes of at least 4 members (excludes halogenated alkanes) is 2. The van der Waals surface area contributed by atoms with E-state index in [0.717, 1.165) is 11.7 Å². The molecular weight excluding hydrogens is 306 g/mol. The van der Waals surface area contributed by atoms with Crippen molar-refractivity contribution in [3.05, 3.63) is 29.3 Å². The second-order valence-electron chi connectivity index (χ2n) is 7.89. The summed E-state index contributed by atoms with van der Waals surface area (Å²) >= 11 is 0. The minimum atomic E-state index is 0.645. The molecule has 2 nitrogen and oxygen atoms in total. The quantitative estimate of drug-likeness (QED) is 0.479. The highest BCUT2D eigenvalue weighted by Gasteiger charge is 2.38. The third kappa shape index (κ3) is 5.00. The van der Waals surface area contributed by atoms with Crippen LogP contribution in [-0.2, 0) is 6.42 Å². The average Bonchev–Trinajstić information content (AvgIpc) is 2.62. The lowest BCUT2D eigenvalue weighted by molar-refractivity contribution is 0.121. The van der Waals surface area contributed by atoms with Crippen LogP contribution in [-0.4, -0.2) is 31.6 Å². The molecule has 0 saturated carbocycles. The lowest BCUT2D eigenvalue weighted by atomic mass is 9.69. The molecule has 1 aromatic rings. The van der Waals surface area contributed by atoms with E-state index in [1.165, 1.54) is 57.9 Å². The first kappa shape index (κ1) is 20.3. The molecule has 142 valence electrons. The summed E-state index contributed by atoms with van der Waals surface area (Å²) in [7, 11) is 4.16. The molecule has 1 aliphatic rings. The monoisotopic (exact) mass is 345 g/mol. The predicted molar refractivity (Wildman–Crippen MR) is 109 cm³/mol. The summed E-state index contributed by atoms with van der Waals surface area (Å²) < 4.78 is 5.54. The number of benzene rings is 1. The Morgan fingerprint density at radius 2 is 1.80 bits per heavy atom. The summed E-state index contributed by atoms with van der Waals surface area (Å²) in [5.74, 6) is 2.45. The van der Waals surface area contributed by atoms with Crippen molar-refractivity contribution >= 4 is 0 Å². The molecule has 0 aromatic heterocycles. The molecule has 2 heteroatoms. The average molecular weight is 346 g/mol. The van der Waals surface area contributed by atoms with Gasteiger partial charge in [-0.1, -0.05) is 52.5 Å². The van der Waals surface area contributed by atoms with Crippen molar-refractivity contribution < 1.29 is 4.74 Å². The van der Waals surface area contributed by atoms with E-state index in [4.69, 9.17) is 4.74 Å². The fraction of sp³-hybridized carbons (Fsp3) is 0.739. The van der Waals surface area contributed by atoms with Gasteiger partial charge < -0.3 is 9.64 Å². The molecule has 3 atom stereocenters. The fourth-order valence-corrected chi connectivity index (χ4v) is 4.86. The van der Waals surface area contributed by atoms with Gasteiger partial charge in [0.1, 0.15) is 5.75 Å².